The molecule has 0 spiro atoms. The molecule has 0 aromatic heterocycles. The van der Waals surface area contributed by atoms with Crippen LogP contribution in [-0.4, -0.2) is 39.8 Å². The summed E-state index contributed by atoms with van der Waals surface area (Å²) in [6, 6.07) is 13.0. The lowest BCUT2D eigenvalue weighted by Crippen LogP contribution is -2.32. The number of rotatable bonds is 11. The van der Waals surface area contributed by atoms with Gasteiger partial charge < -0.3 is 10.1 Å². The van der Waals surface area contributed by atoms with Gasteiger partial charge in [0.15, 0.2) is 0 Å². The zero-order valence-corrected chi connectivity index (χ0v) is 18.4. The third-order valence-corrected chi connectivity index (χ3v) is 5.49. The molecular formula is C22H29FN2O4S. The summed E-state index contributed by atoms with van der Waals surface area (Å²) < 4.78 is 44.3. The molecule has 2 aromatic carbocycles. The zero-order valence-electron chi connectivity index (χ0n) is 17.6. The maximum atomic E-state index is 12.9. The first-order valence-corrected chi connectivity index (χ1v) is 11.8. The molecule has 0 radical (unpaired) electrons. The van der Waals surface area contributed by atoms with Crippen molar-refractivity contribution < 1.29 is 22.3 Å². The fraction of sp³-hybridized carbons (Fsp3) is 0.409. The van der Waals surface area contributed by atoms with Crippen molar-refractivity contribution in [3.63, 3.8) is 0 Å². The monoisotopic (exact) mass is 436 g/mol. The van der Waals surface area contributed by atoms with Crippen LogP contribution >= 0.6 is 0 Å². The second-order valence-corrected chi connectivity index (χ2v) is 9.24. The van der Waals surface area contributed by atoms with E-state index in [-0.39, 0.29) is 30.8 Å². The van der Waals surface area contributed by atoms with E-state index in [1.165, 1.54) is 16.4 Å². The fourth-order valence-corrected chi connectivity index (χ4v) is 3.90. The third-order valence-electron chi connectivity index (χ3n) is 4.29. The lowest BCUT2D eigenvalue weighted by molar-refractivity contribution is -0.121. The van der Waals surface area contributed by atoms with Gasteiger partial charge in [-0.3, -0.25) is 9.10 Å². The molecule has 164 valence electrons. The summed E-state index contributed by atoms with van der Waals surface area (Å²) in [6.07, 6.45) is 2.31. The number of halogens is 1. The topological polar surface area (TPSA) is 75.7 Å². The molecule has 0 bridgehead atoms. The van der Waals surface area contributed by atoms with Gasteiger partial charge in [0.2, 0.25) is 15.9 Å². The maximum absolute atomic E-state index is 12.9. The molecule has 0 aliphatic carbocycles. The van der Waals surface area contributed by atoms with Crippen LogP contribution in [0.2, 0.25) is 0 Å². The summed E-state index contributed by atoms with van der Waals surface area (Å²) in [5, 5.41) is 2.81. The SMILES string of the molecule is CC(C)Oc1cccc(N(CCCC(=O)NCCc2ccc(F)cc2)S(C)(=O)=O)c1. The zero-order chi connectivity index (χ0) is 22.1. The van der Waals surface area contributed by atoms with Crippen molar-refractivity contribution in [2.75, 3.05) is 23.7 Å². The average Bonchev–Trinajstić information content (AvgIpc) is 2.65. The first kappa shape index (κ1) is 23.7. The summed E-state index contributed by atoms with van der Waals surface area (Å²) in [6.45, 7) is 4.43. The summed E-state index contributed by atoms with van der Waals surface area (Å²) in [5.74, 6) is 0.150. The van der Waals surface area contributed by atoms with Crippen LogP contribution in [0.4, 0.5) is 10.1 Å². The Labute approximate surface area is 178 Å². The first-order valence-electron chi connectivity index (χ1n) is 9.91. The Kier molecular flexibility index (Phi) is 8.65. The highest BCUT2D eigenvalue weighted by molar-refractivity contribution is 7.92. The molecule has 1 N–H and O–H groups in total. The van der Waals surface area contributed by atoms with E-state index in [0.717, 1.165) is 11.8 Å². The number of hydrogen-bond donors (Lipinski definition) is 1. The van der Waals surface area contributed by atoms with Crippen molar-refractivity contribution in [3.8, 4) is 5.75 Å². The van der Waals surface area contributed by atoms with Crippen LogP contribution in [0.1, 0.15) is 32.3 Å². The Hall–Kier alpha value is -2.61. The Morgan fingerprint density at radius 2 is 1.87 bits per heavy atom. The molecule has 2 rings (SSSR count). The second kappa shape index (κ2) is 11.0. The van der Waals surface area contributed by atoms with Gasteiger partial charge in [-0.15, -0.1) is 0 Å². The molecule has 0 saturated heterocycles. The number of hydrogen-bond acceptors (Lipinski definition) is 4. The molecule has 2 aromatic rings. The van der Waals surface area contributed by atoms with Gasteiger partial charge in [0.05, 0.1) is 18.0 Å². The summed E-state index contributed by atoms with van der Waals surface area (Å²) in [7, 11) is -3.50. The van der Waals surface area contributed by atoms with Crippen LogP contribution < -0.4 is 14.4 Å². The quantitative estimate of drug-likeness (QED) is 0.585. The highest BCUT2D eigenvalue weighted by Crippen LogP contribution is 2.24. The number of amides is 1. The number of benzene rings is 2. The van der Waals surface area contributed by atoms with Crippen molar-refractivity contribution in [2.24, 2.45) is 0 Å². The fourth-order valence-electron chi connectivity index (χ4n) is 2.94. The van der Waals surface area contributed by atoms with Gasteiger partial charge in [0.25, 0.3) is 0 Å². The molecule has 1 amide bonds. The van der Waals surface area contributed by atoms with Crippen LogP contribution in [-0.2, 0) is 21.2 Å². The standard InChI is InChI=1S/C22H29FN2O4S/c1-17(2)29-21-7-4-6-20(16-21)25(30(3,27)28)15-5-8-22(26)24-14-13-18-9-11-19(23)12-10-18/h4,6-7,9-12,16-17H,5,8,13-15H2,1-3H3,(H,24,26). The lowest BCUT2D eigenvalue weighted by atomic mass is 10.1. The van der Waals surface area contributed by atoms with Crippen molar-refractivity contribution in [2.45, 2.75) is 39.2 Å². The first-order chi connectivity index (χ1) is 14.1. The summed E-state index contributed by atoms with van der Waals surface area (Å²) >= 11 is 0. The van der Waals surface area contributed by atoms with Crippen LogP contribution in [0, 0.1) is 5.82 Å². The minimum atomic E-state index is -3.50. The van der Waals surface area contributed by atoms with Gasteiger partial charge in [0, 0.05) is 25.6 Å². The van der Waals surface area contributed by atoms with Crippen LogP contribution in [0.25, 0.3) is 0 Å². The molecule has 8 heteroatoms. The minimum Gasteiger partial charge on any atom is -0.491 e. The molecule has 0 aliphatic heterocycles. The largest absolute Gasteiger partial charge is 0.491 e. The molecular weight excluding hydrogens is 407 g/mol. The van der Waals surface area contributed by atoms with Gasteiger partial charge in [-0.05, 0) is 56.5 Å². The van der Waals surface area contributed by atoms with Crippen molar-refractivity contribution in [1.29, 1.82) is 0 Å². The van der Waals surface area contributed by atoms with Gasteiger partial charge in [-0.1, -0.05) is 18.2 Å². The number of carbonyl (C=O) groups excluding carboxylic acids is 1. The normalized spacial score (nSPS) is 11.4. The number of nitrogens with one attached hydrogen (secondary N) is 1. The van der Waals surface area contributed by atoms with Gasteiger partial charge >= 0.3 is 0 Å². The van der Waals surface area contributed by atoms with E-state index in [0.29, 0.717) is 30.8 Å². The van der Waals surface area contributed by atoms with Gasteiger partial charge in [0.1, 0.15) is 11.6 Å². The summed E-state index contributed by atoms with van der Waals surface area (Å²) in [4.78, 5) is 12.1. The van der Waals surface area contributed by atoms with E-state index in [1.54, 1.807) is 36.4 Å². The number of nitrogens with zero attached hydrogens (tertiary/aromatic N) is 1. The van der Waals surface area contributed by atoms with Crippen LogP contribution in [0.15, 0.2) is 48.5 Å². The summed E-state index contributed by atoms with van der Waals surface area (Å²) in [5.41, 5.74) is 1.44. The molecule has 0 heterocycles. The molecule has 0 atom stereocenters. The van der Waals surface area contributed by atoms with E-state index in [4.69, 9.17) is 4.74 Å². The number of anilines is 1. The Morgan fingerprint density at radius 1 is 1.17 bits per heavy atom. The van der Waals surface area contributed by atoms with Crippen LogP contribution in [0.3, 0.4) is 0 Å². The Morgan fingerprint density at radius 3 is 2.50 bits per heavy atom. The van der Waals surface area contributed by atoms with Crippen LogP contribution in [0.5, 0.6) is 5.75 Å². The van der Waals surface area contributed by atoms with Crippen molar-refractivity contribution in [3.05, 3.63) is 59.9 Å². The van der Waals surface area contributed by atoms with E-state index in [1.807, 2.05) is 13.8 Å². The van der Waals surface area contributed by atoms with Crippen molar-refractivity contribution in [1.82, 2.24) is 5.32 Å². The molecule has 0 aliphatic rings. The molecule has 0 fully saturated rings. The second-order valence-electron chi connectivity index (χ2n) is 7.33. The minimum absolute atomic E-state index is 0.0226. The van der Waals surface area contributed by atoms with E-state index < -0.39 is 10.0 Å². The van der Waals surface area contributed by atoms with Gasteiger partial charge in [-0.25, -0.2) is 12.8 Å². The molecule has 30 heavy (non-hydrogen) atoms. The number of sulfonamides is 1. The predicted octanol–water partition coefficient (Wildman–Crippen LogP) is 3.52. The predicted molar refractivity (Wildman–Crippen MR) is 117 cm³/mol. The van der Waals surface area contributed by atoms with E-state index >= 15 is 0 Å². The maximum Gasteiger partial charge on any atom is 0.232 e. The number of ether oxygens (including phenoxy) is 1. The lowest BCUT2D eigenvalue weighted by Gasteiger charge is -2.23. The molecule has 0 saturated carbocycles. The molecule has 6 nitrogen and oxygen atoms in total. The highest BCUT2D eigenvalue weighted by Gasteiger charge is 2.18. The Bertz CT molecular complexity index is 930. The van der Waals surface area contributed by atoms with Crippen molar-refractivity contribution >= 4 is 21.6 Å². The van der Waals surface area contributed by atoms with Gasteiger partial charge in [-0.2, -0.15) is 0 Å². The smallest absolute Gasteiger partial charge is 0.232 e. The average molecular weight is 437 g/mol. The highest BCUT2D eigenvalue weighted by atomic mass is 32.2. The Balaban J connectivity index is 1.86. The third kappa shape index (κ3) is 8.02. The van der Waals surface area contributed by atoms with E-state index in [9.17, 15) is 17.6 Å². The van der Waals surface area contributed by atoms with E-state index in [2.05, 4.69) is 5.32 Å². The number of carbonyl (C=O) groups is 1. The molecule has 0 unspecified atom stereocenters.